The van der Waals surface area contributed by atoms with Crippen molar-refractivity contribution >= 4 is 46.5 Å². The highest BCUT2D eigenvalue weighted by Gasteiger charge is 2.44. The number of aliphatic hydroxyl groups is 1. The molecule has 17 nitrogen and oxygen atoms in total. The van der Waals surface area contributed by atoms with E-state index in [1.54, 1.807) is 29.5 Å². The summed E-state index contributed by atoms with van der Waals surface area (Å²) >= 11 is 1.58. The highest BCUT2D eigenvalue weighted by Crippen LogP contribution is 2.34. The van der Waals surface area contributed by atoms with E-state index in [4.69, 9.17) is 15.7 Å². The molecule has 5 aromatic rings. The molecule has 3 aromatic heterocycles. The number of aliphatic hydroxyl groups excluding tert-OH is 1. The summed E-state index contributed by atoms with van der Waals surface area (Å²) in [6, 6.07) is 15.3. The number of anilines is 3. The number of unbranched alkanes of at least 4 members (excludes halogenated alkanes) is 2. The van der Waals surface area contributed by atoms with Crippen molar-refractivity contribution < 1.29 is 24.6 Å². The maximum absolute atomic E-state index is 14.1. The second kappa shape index (κ2) is 21.8. The van der Waals surface area contributed by atoms with Crippen LogP contribution in [0.4, 0.5) is 17.5 Å². The lowest BCUT2D eigenvalue weighted by molar-refractivity contribution is -0.144. The van der Waals surface area contributed by atoms with E-state index >= 15 is 0 Å². The Morgan fingerprint density at radius 3 is 2.31 bits per heavy atom. The van der Waals surface area contributed by atoms with Gasteiger partial charge in [0, 0.05) is 81.2 Å². The van der Waals surface area contributed by atoms with Crippen molar-refractivity contribution in [1.29, 1.82) is 0 Å². The number of likely N-dealkylation sites (tertiary alicyclic amines) is 1. The van der Waals surface area contributed by atoms with Crippen molar-refractivity contribution in [1.82, 2.24) is 45.6 Å². The Morgan fingerprint density at radius 1 is 0.941 bits per heavy atom. The Morgan fingerprint density at radius 2 is 1.65 bits per heavy atom. The molecule has 68 heavy (non-hydrogen) atoms. The molecule has 2 unspecified atom stereocenters. The molecule has 362 valence electrons. The third-order valence-corrected chi connectivity index (χ3v) is 13.7. The molecule has 18 heteroatoms. The predicted octanol–water partition coefficient (Wildman–Crippen LogP) is 5.56. The highest BCUT2D eigenvalue weighted by atomic mass is 32.1. The average Bonchev–Trinajstić information content (AvgIpc) is 3.92. The lowest BCUT2D eigenvalue weighted by Crippen LogP contribution is -2.57. The number of nitrogens with zero attached hydrogens (tertiary/aromatic N) is 9. The quantitative estimate of drug-likeness (QED) is 0.0722. The van der Waals surface area contributed by atoms with Crippen molar-refractivity contribution in [3.8, 4) is 27.4 Å². The number of β-amino-alcohol motifs (C(OH)–C–C–N with tert-alkyl or cyclic N) is 1. The smallest absolute Gasteiger partial charge is 0.246 e. The number of para-hydroxylation sites is 1. The molecule has 0 radical (unpaired) electrons. The standard InChI is InChI=1S/C50H66N12O5S/c1-31-26-60(40-22-39(57-58-46(40)51)38-13-10-11-14-42(38)64)27-32(2)62(31)49-53-24-35(25-54-49)28-59(7)20-12-8-9-15-43(65)56-45(50(4,5)6)48(67)61-29-37(63)21-41(61)47(66)52-23-34-16-18-36(19-17-34)44-33(3)55-30-68-44/h10-11,13-14,16-19,22,24-25,30-32,37,41,45,63-64H,8-9,12,15,20-21,23,26-29H2,1-7H3,(H2,51,58)(H,52,66)(H,56,65)/t31?,32?,37-,41+,45-/m1/s1. The van der Waals surface area contributed by atoms with Gasteiger partial charge in [0.25, 0.3) is 0 Å². The van der Waals surface area contributed by atoms with Crippen molar-refractivity contribution in [3.63, 3.8) is 0 Å². The van der Waals surface area contributed by atoms with E-state index in [1.807, 2.05) is 82.0 Å². The van der Waals surface area contributed by atoms with E-state index < -0.39 is 23.6 Å². The molecule has 2 saturated heterocycles. The molecule has 2 aliphatic rings. The van der Waals surface area contributed by atoms with Gasteiger partial charge in [0.2, 0.25) is 23.7 Å². The summed E-state index contributed by atoms with van der Waals surface area (Å²) in [6.07, 6.45) is 5.69. The third kappa shape index (κ3) is 12.1. The molecule has 0 bridgehead atoms. The molecule has 0 aliphatic carbocycles. The number of phenols is 1. The molecular formula is C50H66N12O5S. The van der Waals surface area contributed by atoms with Gasteiger partial charge in [-0.15, -0.1) is 21.5 Å². The van der Waals surface area contributed by atoms with Gasteiger partial charge < -0.3 is 46.2 Å². The fourth-order valence-corrected chi connectivity index (χ4v) is 10.0. The number of amides is 3. The van der Waals surface area contributed by atoms with Crippen molar-refractivity contribution in [2.45, 2.75) is 117 Å². The number of phenolic OH excluding ortho intramolecular Hbond substituents is 1. The number of aromatic hydroxyl groups is 1. The zero-order valence-electron chi connectivity index (χ0n) is 40.2. The van der Waals surface area contributed by atoms with Crippen LogP contribution < -0.4 is 26.2 Å². The van der Waals surface area contributed by atoms with Crippen LogP contribution in [0.1, 0.15) is 83.5 Å². The number of hydrogen-bond acceptors (Lipinski definition) is 15. The van der Waals surface area contributed by atoms with Crippen molar-refractivity contribution in [3.05, 3.63) is 89.3 Å². The van der Waals surface area contributed by atoms with Gasteiger partial charge in [0.05, 0.1) is 33.6 Å². The maximum atomic E-state index is 14.1. The number of thiazole rings is 1. The van der Waals surface area contributed by atoms with Gasteiger partial charge in [-0.25, -0.2) is 15.0 Å². The average molecular weight is 947 g/mol. The molecule has 0 saturated carbocycles. The first-order valence-electron chi connectivity index (χ1n) is 23.5. The molecule has 6 N–H and O–H groups in total. The van der Waals surface area contributed by atoms with E-state index in [1.165, 1.54) is 4.90 Å². The molecule has 3 amide bonds. The second-order valence-corrected chi connectivity index (χ2v) is 20.3. The molecule has 2 aliphatic heterocycles. The molecule has 5 heterocycles. The SMILES string of the molecule is Cc1ncsc1-c1ccc(CNC(=O)[C@@H]2C[C@@H](O)CN2C(=O)[C@@H](NC(=O)CCCCCN(C)Cc2cnc(N3C(C)CN(c4cc(-c5ccccc5O)nnc4N)CC3C)nc2)C(C)(C)C)cc1. The lowest BCUT2D eigenvalue weighted by Gasteiger charge is -2.45. The first-order valence-corrected chi connectivity index (χ1v) is 24.3. The molecule has 2 fully saturated rings. The number of carbonyl (C=O) groups is 3. The Bertz CT molecular complexity index is 2500. The number of aryl methyl sites for hydroxylation is 1. The number of rotatable bonds is 17. The summed E-state index contributed by atoms with van der Waals surface area (Å²) in [4.78, 5) is 63.9. The van der Waals surface area contributed by atoms with Gasteiger partial charge in [-0.3, -0.25) is 14.4 Å². The van der Waals surface area contributed by atoms with Gasteiger partial charge >= 0.3 is 0 Å². The largest absolute Gasteiger partial charge is 0.507 e. The van der Waals surface area contributed by atoms with Gasteiger partial charge in [0.1, 0.15) is 17.8 Å². The van der Waals surface area contributed by atoms with Gasteiger partial charge in [-0.05, 0) is 81.9 Å². The minimum absolute atomic E-state index is 0.0227. The first kappa shape index (κ1) is 49.7. The summed E-state index contributed by atoms with van der Waals surface area (Å²) in [6.45, 7) is 15.1. The topological polar surface area (TPSA) is 219 Å². The van der Waals surface area contributed by atoms with Crippen LogP contribution in [0.3, 0.4) is 0 Å². The second-order valence-electron chi connectivity index (χ2n) is 19.4. The number of piperazine rings is 1. The normalized spacial score (nSPS) is 19.0. The zero-order valence-corrected chi connectivity index (χ0v) is 41.0. The molecule has 0 spiro atoms. The predicted molar refractivity (Wildman–Crippen MR) is 266 cm³/mol. The number of benzene rings is 2. The lowest BCUT2D eigenvalue weighted by atomic mass is 9.85. The van der Waals surface area contributed by atoms with E-state index in [2.05, 4.69) is 61.4 Å². The van der Waals surface area contributed by atoms with E-state index in [0.717, 1.165) is 52.3 Å². The monoisotopic (exact) mass is 946 g/mol. The number of hydrogen-bond donors (Lipinski definition) is 5. The first-order chi connectivity index (χ1) is 32.5. The Kier molecular flexibility index (Phi) is 15.9. The number of carbonyl (C=O) groups excluding carboxylic acids is 3. The minimum Gasteiger partial charge on any atom is -0.507 e. The van der Waals surface area contributed by atoms with Crippen LogP contribution in [0.5, 0.6) is 5.75 Å². The number of aromatic nitrogens is 5. The van der Waals surface area contributed by atoms with E-state index in [-0.39, 0.29) is 61.5 Å². The summed E-state index contributed by atoms with van der Waals surface area (Å²) < 4.78 is 0. The van der Waals surface area contributed by atoms with Crippen molar-refractivity contribution in [2.24, 2.45) is 5.41 Å². The maximum Gasteiger partial charge on any atom is 0.246 e. The summed E-state index contributed by atoms with van der Waals surface area (Å²) in [5, 5.41) is 35.4. The zero-order chi connectivity index (χ0) is 48.7. The van der Waals surface area contributed by atoms with Crippen LogP contribution in [0.15, 0.2) is 72.5 Å². The fraction of sp³-hybridized carbons (Fsp3) is 0.480. The Hall–Kier alpha value is -6.24. The van der Waals surface area contributed by atoms with Crippen LogP contribution >= 0.6 is 11.3 Å². The summed E-state index contributed by atoms with van der Waals surface area (Å²) in [5.74, 6) is 0.204. The van der Waals surface area contributed by atoms with E-state index in [9.17, 15) is 24.6 Å². The fourth-order valence-electron chi connectivity index (χ4n) is 9.19. The minimum atomic E-state index is -0.872. The van der Waals surface area contributed by atoms with Gasteiger partial charge in [0.15, 0.2) is 5.82 Å². The number of nitrogen functional groups attached to an aromatic ring is 1. The number of nitrogens with one attached hydrogen (secondary N) is 2. The summed E-state index contributed by atoms with van der Waals surface area (Å²) in [7, 11) is 2.05. The van der Waals surface area contributed by atoms with Crippen LogP contribution in [0.25, 0.3) is 21.7 Å². The molecule has 2 aromatic carbocycles. The van der Waals surface area contributed by atoms with Crippen LogP contribution in [0.2, 0.25) is 0 Å². The highest BCUT2D eigenvalue weighted by molar-refractivity contribution is 7.13. The van der Waals surface area contributed by atoms with Gasteiger partial charge in [-0.1, -0.05) is 63.6 Å². The Balaban J connectivity index is 0.836. The number of nitrogens with two attached hydrogens (primary N) is 1. The third-order valence-electron chi connectivity index (χ3n) is 12.8. The van der Waals surface area contributed by atoms with Crippen molar-refractivity contribution in [2.75, 3.05) is 48.8 Å². The van der Waals surface area contributed by atoms with Crippen LogP contribution in [0, 0.1) is 12.3 Å². The Labute approximate surface area is 403 Å². The van der Waals surface area contributed by atoms with E-state index in [0.29, 0.717) is 49.1 Å². The van der Waals surface area contributed by atoms with Gasteiger partial charge in [-0.2, -0.15) is 0 Å². The summed E-state index contributed by atoms with van der Waals surface area (Å²) in [5.41, 5.74) is 13.4. The molecular weight excluding hydrogens is 881 g/mol. The molecule has 7 rings (SSSR count). The molecule has 5 atom stereocenters. The van der Waals surface area contributed by atoms with Crippen LogP contribution in [-0.2, 0) is 27.5 Å². The van der Waals surface area contributed by atoms with Crippen LogP contribution in [-0.4, -0.2) is 126 Å².